The van der Waals surface area contributed by atoms with E-state index in [-0.39, 0.29) is 0 Å². The van der Waals surface area contributed by atoms with Gasteiger partial charge in [-0.3, -0.25) is 0 Å². The minimum Gasteiger partial charge on any atom is -0.390 e. The Morgan fingerprint density at radius 1 is 1.50 bits per heavy atom. The first-order chi connectivity index (χ1) is 4.63. The summed E-state index contributed by atoms with van der Waals surface area (Å²) in [6.07, 6.45) is 0.712. The Balaban J connectivity index is 2.52. The van der Waals surface area contributed by atoms with Gasteiger partial charge >= 0.3 is 0 Å². The first-order valence-corrected chi connectivity index (χ1v) is 3.74. The van der Waals surface area contributed by atoms with Gasteiger partial charge in [0.1, 0.15) is 0 Å². The van der Waals surface area contributed by atoms with E-state index in [0.717, 1.165) is 13.1 Å². The molecule has 0 aliphatic carbocycles. The molecule has 0 aromatic rings. The van der Waals surface area contributed by atoms with Crippen LogP contribution in [0.15, 0.2) is 0 Å². The summed E-state index contributed by atoms with van der Waals surface area (Å²) in [6.45, 7) is 3.28. The molecule has 1 heterocycles. The van der Waals surface area contributed by atoms with E-state index in [2.05, 4.69) is 5.32 Å². The Bertz CT molecular complexity index is 114. The third-order valence-corrected chi connectivity index (χ3v) is 2.12. The van der Waals surface area contributed by atoms with E-state index in [9.17, 15) is 10.2 Å². The molecule has 1 aliphatic rings. The SMILES string of the molecule is CC1(O)CCNCCC1O. The summed E-state index contributed by atoms with van der Waals surface area (Å²) in [5, 5.41) is 22.0. The van der Waals surface area contributed by atoms with Gasteiger partial charge in [-0.1, -0.05) is 0 Å². The molecule has 0 bridgehead atoms. The summed E-state index contributed by atoms with van der Waals surface area (Å²) in [5.41, 5.74) is -0.885. The molecule has 2 unspecified atom stereocenters. The van der Waals surface area contributed by atoms with Crippen LogP contribution < -0.4 is 5.32 Å². The second-order valence-electron chi connectivity index (χ2n) is 3.16. The van der Waals surface area contributed by atoms with Gasteiger partial charge in [0.15, 0.2) is 0 Å². The summed E-state index contributed by atoms with van der Waals surface area (Å²) in [4.78, 5) is 0. The van der Waals surface area contributed by atoms with E-state index >= 15 is 0 Å². The molecule has 1 fully saturated rings. The van der Waals surface area contributed by atoms with Crippen LogP contribution in [0.5, 0.6) is 0 Å². The van der Waals surface area contributed by atoms with Gasteiger partial charge in [0.25, 0.3) is 0 Å². The van der Waals surface area contributed by atoms with E-state index in [1.54, 1.807) is 6.92 Å². The molecule has 1 rings (SSSR count). The molecular weight excluding hydrogens is 130 g/mol. The first kappa shape index (κ1) is 7.98. The van der Waals surface area contributed by atoms with Crippen molar-refractivity contribution in [2.45, 2.75) is 31.5 Å². The first-order valence-electron chi connectivity index (χ1n) is 3.74. The van der Waals surface area contributed by atoms with Gasteiger partial charge in [-0.15, -0.1) is 0 Å². The maximum absolute atomic E-state index is 9.53. The number of hydrogen-bond acceptors (Lipinski definition) is 3. The maximum Gasteiger partial charge on any atom is 0.0890 e. The van der Waals surface area contributed by atoms with Crippen LogP contribution in [-0.2, 0) is 0 Å². The van der Waals surface area contributed by atoms with Crippen molar-refractivity contribution in [3.63, 3.8) is 0 Å². The summed E-state index contributed by atoms with van der Waals surface area (Å²) >= 11 is 0. The van der Waals surface area contributed by atoms with E-state index in [4.69, 9.17) is 0 Å². The van der Waals surface area contributed by atoms with Crippen LogP contribution in [0.2, 0.25) is 0 Å². The minimum absolute atomic E-state index is 0.567. The Morgan fingerprint density at radius 3 is 2.90 bits per heavy atom. The van der Waals surface area contributed by atoms with Gasteiger partial charge in [-0.2, -0.15) is 0 Å². The summed E-state index contributed by atoms with van der Waals surface area (Å²) in [7, 11) is 0. The molecule has 2 atom stereocenters. The highest BCUT2D eigenvalue weighted by molar-refractivity contribution is 4.85. The molecule has 0 aromatic heterocycles. The Hall–Kier alpha value is -0.120. The van der Waals surface area contributed by atoms with Crippen molar-refractivity contribution in [1.29, 1.82) is 0 Å². The molecule has 60 valence electrons. The highest BCUT2D eigenvalue weighted by atomic mass is 16.3. The molecule has 3 N–H and O–H groups in total. The fraction of sp³-hybridized carbons (Fsp3) is 1.00. The Morgan fingerprint density at radius 2 is 2.20 bits per heavy atom. The van der Waals surface area contributed by atoms with Crippen LogP contribution in [0.25, 0.3) is 0 Å². The predicted molar refractivity (Wildman–Crippen MR) is 38.7 cm³/mol. The van der Waals surface area contributed by atoms with Crippen molar-refractivity contribution < 1.29 is 10.2 Å². The molecule has 3 nitrogen and oxygen atoms in total. The van der Waals surface area contributed by atoms with Gasteiger partial charge in [-0.25, -0.2) is 0 Å². The largest absolute Gasteiger partial charge is 0.390 e. The third kappa shape index (κ3) is 1.68. The zero-order valence-corrected chi connectivity index (χ0v) is 6.30. The Labute approximate surface area is 61.1 Å². The second-order valence-corrected chi connectivity index (χ2v) is 3.16. The highest BCUT2D eigenvalue weighted by Crippen LogP contribution is 2.18. The third-order valence-electron chi connectivity index (χ3n) is 2.12. The molecule has 10 heavy (non-hydrogen) atoms. The van der Waals surface area contributed by atoms with Crippen molar-refractivity contribution in [3.05, 3.63) is 0 Å². The lowest BCUT2D eigenvalue weighted by atomic mass is 9.94. The molecule has 1 saturated heterocycles. The summed E-state index contributed by atoms with van der Waals surface area (Å²) in [5.74, 6) is 0. The van der Waals surface area contributed by atoms with Gasteiger partial charge in [0.2, 0.25) is 0 Å². The average Bonchev–Trinajstić information content (AvgIpc) is 1.96. The molecule has 0 aromatic carbocycles. The minimum atomic E-state index is -0.885. The standard InChI is InChI=1S/C7H15NO2/c1-7(10)3-5-8-4-2-6(7)9/h6,8-10H,2-5H2,1H3. The fourth-order valence-electron chi connectivity index (χ4n) is 1.18. The Kier molecular flexibility index (Phi) is 2.28. The van der Waals surface area contributed by atoms with Gasteiger partial charge in [0, 0.05) is 0 Å². The topological polar surface area (TPSA) is 52.5 Å². The van der Waals surface area contributed by atoms with Crippen molar-refractivity contribution >= 4 is 0 Å². The number of rotatable bonds is 0. The lowest BCUT2D eigenvalue weighted by Crippen LogP contribution is -2.38. The average molecular weight is 145 g/mol. The van der Waals surface area contributed by atoms with Crippen molar-refractivity contribution in [3.8, 4) is 0 Å². The lowest BCUT2D eigenvalue weighted by Gasteiger charge is -2.25. The zero-order valence-electron chi connectivity index (χ0n) is 6.30. The van der Waals surface area contributed by atoms with E-state index in [1.807, 2.05) is 0 Å². The molecule has 0 saturated carbocycles. The number of nitrogens with one attached hydrogen (secondary N) is 1. The fourth-order valence-corrected chi connectivity index (χ4v) is 1.18. The summed E-state index contributed by atoms with van der Waals surface area (Å²) in [6, 6.07) is 0. The van der Waals surface area contributed by atoms with Crippen LogP contribution in [0.1, 0.15) is 19.8 Å². The van der Waals surface area contributed by atoms with Crippen molar-refractivity contribution in [2.24, 2.45) is 0 Å². The summed E-state index contributed by atoms with van der Waals surface area (Å²) < 4.78 is 0. The zero-order chi connectivity index (χ0) is 7.61. The van der Waals surface area contributed by atoms with Crippen LogP contribution in [0.4, 0.5) is 0 Å². The van der Waals surface area contributed by atoms with E-state index in [1.165, 1.54) is 0 Å². The van der Waals surface area contributed by atoms with Gasteiger partial charge in [-0.05, 0) is 32.9 Å². The molecule has 0 spiro atoms. The lowest BCUT2D eigenvalue weighted by molar-refractivity contribution is -0.0621. The molecule has 0 radical (unpaired) electrons. The monoisotopic (exact) mass is 145 g/mol. The number of hydrogen-bond donors (Lipinski definition) is 3. The molecule has 3 heteroatoms. The van der Waals surface area contributed by atoms with Crippen LogP contribution in [0, 0.1) is 0 Å². The van der Waals surface area contributed by atoms with Gasteiger partial charge < -0.3 is 15.5 Å². The van der Waals surface area contributed by atoms with Crippen molar-refractivity contribution in [2.75, 3.05) is 13.1 Å². The molecular formula is C7H15NO2. The van der Waals surface area contributed by atoms with Gasteiger partial charge in [0.05, 0.1) is 11.7 Å². The maximum atomic E-state index is 9.53. The highest BCUT2D eigenvalue weighted by Gasteiger charge is 2.30. The quantitative estimate of drug-likeness (QED) is 0.430. The second kappa shape index (κ2) is 2.86. The van der Waals surface area contributed by atoms with Crippen LogP contribution in [-0.4, -0.2) is 35.0 Å². The number of aliphatic hydroxyl groups is 2. The van der Waals surface area contributed by atoms with Crippen LogP contribution in [0.3, 0.4) is 0 Å². The normalized spacial score (nSPS) is 42.9. The molecule has 1 aliphatic heterocycles. The van der Waals surface area contributed by atoms with Crippen LogP contribution >= 0.6 is 0 Å². The number of aliphatic hydroxyl groups excluding tert-OH is 1. The van der Waals surface area contributed by atoms with E-state index in [0.29, 0.717) is 12.8 Å². The van der Waals surface area contributed by atoms with E-state index < -0.39 is 11.7 Å². The predicted octanol–water partition coefficient (Wildman–Crippen LogP) is -0.518. The molecule has 0 amide bonds. The van der Waals surface area contributed by atoms with Crippen molar-refractivity contribution in [1.82, 2.24) is 5.32 Å². The smallest absolute Gasteiger partial charge is 0.0890 e.